The van der Waals surface area contributed by atoms with Crippen molar-refractivity contribution in [3.8, 4) is 0 Å². The van der Waals surface area contributed by atoms with Gasteiger partial charge in [0.15, 0.2) is 0 Å². The second-order valence-corrected chi connectivity index (χ2v) is 4.37. The van der Waals surface area contributed by atoms with E-state index < -0.39 is 0 Å². The Bertz CT molecular complexity index is 342. The van der Waals surface area contributed by atoms with E-state index in [0.29, 0.717) is 0 Å². The lowest BCUT2D eigenvalue weighted by molar-refractivity contribution is -0.0487. The molecule has 0 fully saturated rings. The average molecular weight is 237 g/mol. The van der Waals surface area contributed by atoms with Crippen LogP contribution in [0.2, 0.25) is 0 Å². The van der Waals surface area contributed by atoms with Crippen LogP contribution in [0.4, 0.5) is 0 Å². The molecule has 0 aromatic carbocycles. The summed E-state index contributed by atoms with van der Waals surface area (Å²) in [5, 5.41) is 0. The van der Waals surface area contributed by atoms with E-state index in [-0.39, 0.29) is 11.6 Å². The van der Waals surface area contributed by atoms with Gasteiger partial charge in [-0.05, 0) is 30.9 Å². The van der Waals surface area contributed by atoms with Crippen LogP contribution in [0.25, 0.3) is 0 Å². The van der Waals surface area contributed by atoms with Crippen LogP contribution in [-0.2, 0) is 4.74 Å². The summed E-state index contributed by atoms with van der Waals surface area (Å²) in [6.45, 7) is 6.25. The molecule has 0 spiro atoms. The number of pyridine rings is 1. The Morgan fingerprint density at radius 3 is 2.47 bits per heavy atom. The fourth-order valence-electron chi connectivity index (χ4n) is 2.35. The van der Waals surface area contributed by atoms with Crippen LogP contribution < -0.4 is 11.3 Å². The van der Waals surface area contributed by atoms with E-state index in [9.17, 15) is 0 Å². The summed E-state index contributed by atoms with van der Waals surface area (Å²) < 4.78 is 5.71. The predicted molar refractivity (Wildman–Crippen MR) is 69.4 cm³/mol. The van der Waals surface area contributed by atoms with Crippen molar-refractivity contribution in [3.63, 3.8) is 0 Å². The molecule has 4 nitrogen and oxygen atoms in total. The molecule has 0 aliphatic carbocycles. The number of hydrazine groups is 1. The minimum atomic E-state index is -0.287. The van der Waals surface area contributed by atoms with Gasteiger partial charge in [0, 0.05) is 19.5 Å². The van der Waals surface area contributed by atoms with E-state index in [4.69, 9.17) is 10.6 Å². The van der Waals surface area contributed by atoms with Crippen LogP contribution in [0.1, 0.15) is 43.9 Å². The van der Waals surface area contributed by atoms with E-state index in [1.807, 2.05) is 19.3 Å². The lowest BCUT2D eigenvalue weighted by Crippen LogP contribution is -2.47. The van der Waals surface area contributed by atoms with Gasteiger partial charge in [0.1, 0.15) is 0 Å². The van der Waals surface area contributed by atoms with Crippen molar-refractivity contribution in [2.24, 2.45) is 5.84 Å². The summed E-state index contributed by atoms with van der Waals surface area (Å²) in [5.74, 6) is 5.71. The van der Waals surface area contributed by atoms with Crippen molar-refractivity contribution >= 4 is 0 Å². The molecule has 1 unspecified atom stereocenters. The second-order valence-electron chi connectivity index (χ2n) is 4.37. The van der Waals surface area contributed by atoms with Crippen LogP contribution in [0.15, 0.2) is 18.5 Å². The predicted octanol–water partition coefficient (Wildman–Crippen LogP) is 2.10. The highest BCUT2D eigenvalue weighted by Crippen LogP contribution is 2.34. The molecule has 1 aromatic heterocycles. The van der Waals surface area contributed by atoms with Gasteiger partial charge < -0.3 is 4.74 Å². The number of nitrogens with one attached hydrogen (secondary N) is 1. The van der Waals surface area contributed by atoms with Crippen LogP contribution in [0.5, 0.6) is 0 Å². The third-order valence-electron chi connectivity index (χ3n) is 3.53. The van der Waals surface area contributed by atoms with Gasteiger partial charge in [-0.2, -0.15) is 0 Å². The highest BCUT2D eigenvalue weighted by molar-refractivity contribution is 5.23. The molecule has 1 aromatic rings. The van der Waals surface area contributed by atoms with Crippen molar-refractivity contribution in [2.45, 2.75) is 45.3 Å². The van der Waals surface area contributed by atoms with E-state index >= 15 is 0 Å². The number of hydrogen-bond acceptors (Lipinski definition) is 4. The summed E-state index contributed by atoms with van der Waals surface area (Å²) in [7, 11) is 1.74. The zero-order chi connectivity index (χ0) is 12.9. The first-order chi connectivity index (χ1) is 8.13. The molecule has 0 bridgehead atoms. The highest BCUT2D eigenvalue weighted by Gasteiger charge is 2.36. The van der Waals surface area contributed by atoms with Crippen LogP contribution in [0, 0.1) is 6.92 Å². The molecule has 0 radical (unpaired) electrons. The highest BCUT2D eigenvalue weighted by atomic mass is 16.5. The molecule has 96 valence electrons. The maximum atomic E-state index is 5.71. The number of nitrogens with zero attached hydrogens (tertiary/aromatic N) is 1. The van der Waals surface area contributed by atoms with Gasteiger partial charge in [-0.3, -0.25) is 16.3 Å². The molecular formula is C13H23N3O. The lowest BCUT2D eigenvalue weighted by Gasteiger charge is -2.38. The number of aryl methyl sites for hydroxylation is 1. The molecule has 17 heavy (non-hydrogen) atoms. The van der Waals surface area contributed by atoms with E-state index in [1.165, 1.54) is 0 Å². The Hall–Kier alpha value is -0.970. The van der Waals surface area contributed by atoms with Crippen LogP contribution in [-0.4, -0.2) is 17.7 Å². The summed E-state index contributed by atoms with van der Waals surface area (Å²) >= 11 is 0. The molecule has 0 aliphatic heterocycles. The third kappa shape index (κ3) is 2.83. The Morgan fingerprint density at radius 1 is 1.41 bits per heavy atom. The van der Waals surface area contributed by atoms with Gasteiger partial charge in [0.05, 0.1) is 11.6 Å². The van der Waals surface area contributed by atoms with Crippen molar-refractivity contribution in [3.05, 3.63) is 29.6 Å². The molecule has 0 saturated carbocycles. The minimum absolute atomic E-state index is 0.0464. The fraction of sp³-hybridized carbons (Fsp3) is 0.615. The Labute approximate surface area is 104 Å². The van der Waals surface area contributed by atoms with E-state index in [2.05, 4.69) is 30.3 Å². The Kier molecular flexibility index (Phi) is 5.05. The first kappa shape index (κ1) is 14.1. The normalized spacial score (nSPS) is 13.7. The van der Waals surface area contributed by atoms with E-state index in [1.54, 1.807) is 7.11 Å². The summed E-state index contributed by atoms with van der Waals surface area (Å²) in [4.78, 5) is 4.22. The summed E-state index contributed by atoms with van der Waals surface area (Å²) in [5.41, 5.74) is 4.78. The largest absolute Gasteiger partial charge is 0.376 e. The molecule has 1 heterocycles. The molecule has 0 saturated heterocycles. The van der Waals surface area contributed by atoms with Gasteiger partial charge in [-0.25, -0.2) is 0 Å². The van der Waals surface area contributed by atoms with Crippen LogP contribution in [0.3, 0.4) is 0 Å². The van der Waals surface area contributed by atoms with Crippen LogP contribution >= 0.6 is 0 Å². The van der Waals surface area contributed by atoms with Gasteiger partial charge >= 0.3 is 0 Å². The Balaban J connectivity index is 3.13. The molecular weight excluding hydrogens is 214 g/mol. The van der Waals surface area contributed by atoms with Crippen molar-refractivity contribution in [1.29, 1.82) is 0 Å². The van der Waals surface area contributed by atoms with Gasteiger partial charge in [0.2, 0.25) is 0 Å². The van der Waals surface area contributed by atoms with Gasteiger partial charge in [0.25, 0.3) is 0 Å². The molecule has 4 heteroatoms. The number of rotatable bonds is 6. The van der Waals surface area contributed by atoms with Crippen molar-refractivity contribution in [1.82, 2.24) is 10.4 Å². The number of ether oxygens (including phenoxy) is 1. The Morgan fingerprint density at radius 2 is 2.06 bits per heavy atom. The third-order valence-corrected chi connectivity index (χ3v) is 3.53. The molecule has 1 atom stereocenters. The van der Waals surface area contributed by atoms with E-state index in [0.717, 1.165) is 24.0 Å². The van der Waals surface area contributed by atoms with Gasteiger partial charge in [-0.15, -0.1) is 0 Å². The minimum Gasteiger partial charge on any atom is -0.376 e. The summed E-state index contributed by atoms with van der Waals surface area (Å²) in [6, 6.07) is 2.05. The molecule has 3 N–H and O–H groups in total. The van der Waals surface area contributed by atoms with Gasteiger partial charge in [-0.1, -0.05) is 19.9 Å². The standard InChI is InChI=1S/C13H23N3O/c1-5-13(6-2,17-4)12(16-14)11-7-10(3)8-15-9-11/h7-9,12,16H,5-6,14H2,1-4H3. The first-order valence-electron chi connectivity index (χ1n) is 6.06. The number of aromatic nitrogens is 1. The number of hydrogen-bond donors (Lipinski definition) is 2. The molecule has 1 rings (SSSR count). The molecule has 0 amide bonds. The number of nitrogens with two attached hydrogens (primary N) is 1. The smallest absolute Gasteiger partial charge is 0.0880 e. The second kappa shape index (κ2) is 6.10. The maximum absolute atomic E-state index is 5.71. The zero-order valence-electron chi connectivity index (χ0n) is 11.2. The SMILES string of the molecule is CCC(CC)(OC)C(NN)c1cncc(C)c1. The average Bonchev–Trinajstić information content (AvgIpc) is 2.36. The van der Waals surface area contributed by atoms with Crippen molar-refractivity contribution in [2.75, 3.05) is 7.11 Å². The first-order valence-corrected chi connectivity index (χ1v) is 6.06. The summed E-state index contributed by atoms with van der Waals surface area (Å²) in [6.07, 6.45) is 5.46. The van der Waals surface area contributed by atoms with Crippen molar-refractivity contribution < 1.29 is 4.74 Å². The zero-order valence-corrected chi connectivity index (χ0v) is 11.2. The monoisotopic (exact) mass is 237 g/mol. The number of methoxy groups -OCH3 is 1. The molecule has 0 aliphatic rings. The lowest BCUT2D eigenvalue weighted by atomic mass is 9.84. The maximum Gasteiger partial charge on any atom is 0.0880 e. The fourth-order valence-corrected chi connectivity index (χ4v) is 2.35. The topological polar surface area (TPSA) is 60.2 Å². The quantitative estimate of drug-likeness (QED) is 0.587.